The molecule has 0 saturated heterocycles. The summed E-state index contributed by atoms with van der Waals surface area (Å²) in [6, 6.07) is 16.6. The molecule has 6 nitrogen and oxygen atoms in total. The maximum Gasteiger partial charge on any atom is 0.309 e. The third-order valence-corrected chi connectivity index (χ3v) is 9.08. The highest BCUT2D eigenvalue weighted by atomic mass is 32.2. The molecule has 2 aromatic heterocycles. The van der Waals surface area contributed by atoms with Gasteiger partial charge >= 0.3 is 11.8 Å². The monoisotopic (exact) mass is 462 g/mol. The van der Waals surface area contributed by atoms with Gasteiger partial charge in [-0.3, -0.25) is 9.59 Å². The molecule has 0 aliphatic heterocycles. The highest BCUT2D eigenvalue weighted by Crippen LogP contribution is 2.33. The molecule has 30 heavy (non-hydrogen) atoms. The molecule has 2 amide bonds. The summed E-state index contributed by atoms with van der Waals surface area (Å²) < 4.78 is 26.2. The number of aryl methyl sites for hydroxylation is 1. The molecule has 0 aliphatic rings. The normalized spacial score (nSPS) is 12.3. The predicted molar refractivity (Wildman–Crippen MR) is 119 cm³/mol. The molecule has 9 heteroatoms. The van der Waals surface area contributed by atoms with Crippen LogP contribution in [0, 0.1) is 0 Å². The van der Waals surface area contributed by atoms with Crippen LogP contribution in [-0.4, -0.2) is 33.3 Å². The molecule has 0 unspecified atom stereocenters. The number of hydrogen-bond donors (Lipinski definition) is 2. The first kappa shape index (κ1) is 22.2. The van der Waals surface area contributed by atoms with Crippen LogP contribution < -0.4 is 10.6 Å². The Labute approximate surface area is 183 Å². The van der Waals surface area contributed by atoms with Gasteiger partial charge in [0, 0.05) is 18.0 Å². The van der Waals surface area contributed by atoms with E-state index in [0.717, 1.165) is 23.3 Å². The van der Waals surface area contributed by atoms with Crippen LogP contribution >= 0.6 is 22.7 Å². The van der Waals surface area contributed by atoms with Gasteiger partial charge in [-0.25, -0.2) is 8.42 Å². The standard InChI is InChI=1S/C21H22N2O4S3/c24-20(22-12-4-9-16-7-2-1-3-8-16)21(25)23-15-18(17-10-5-13-28-17)30(26,27)19-11-6-14-29-19/h1-3,5-8,10-11,13-14,18H,4,9,12,15H2,(H,22,24)(H,23,25)/t18-/m1/s1. The summed E-state index contributed by atoms with van der Waals surface area (Å²) in [5.41, 5.74) is 1.16. The van der Waals surface area contributed by atoms with E-state index in [4.69, 9.17) is 0 Å². The summed E-state index contributed by atoms with van der Waals surface area (Å²) in [5.74, 6) is -1.60. The molecule has 2 N–H and O–H groups in total. The van der Waals surface area contributed by atoms with E-state index in [0.29, 0.717) is 17.8 Å². The van der Waals surface area contributed by atoms with Crippen LogP contribution in [0.15, 0.2) is 69.6 Å². The topological polar surface area (TPSA) is 92.3 Å². The van der Waals surface area contributed by atoms with Gasteiger partial charge in [-0.15, -0.1) is 22.7 Å². The maximum atomic E-state index is 13.0. The fourth-order valence-corrected chi connectivity index (χ4v) is 6.88. The van der Waals surface area contributed by atoms with Crippen LogP contribution in [0.1, 0.15) is 22.1 Å². The molecular formula is C21H22N2O4S3. The van der Waals surface area contributed by atoms with Gasteiger partial charge in [0.2, 0.25) is 0 Å². The van der Waals surface area contributed by atoms with Gasteiger partial charge in [0.25, 0.3) is 0 Å². The smallest absolute Gasteiger partial charge is 0.309 e. The number of amides is 2. The Balaban J connectivity index is 1.53. The van der Waals surface area contributed by atoms with E-state index >= 15 is 0 Å². The van der Waals surface area contributed by atoms with E-state index < -0.39 is 26.9 Å². The van der Waals surface area contributed by atoms with Crippen LogP contribution in [-0.2, 0) is 25.8 Å². The number of nitrogens with one attached hydrogen (secondary N) is 2. The molecule has 0 radical (unpaired) electrons. The number of thiophene rings is 2. The number of carbonyl (C=O) groups is 2. The number of sulfone groups is 1. The van der Waals surface area contributed by atoms with Gasteiger partial charge < -0.3 is 10.6 Å². The Morgan fingerprint density at radius 3 is 2.23 bits per heavy atom. The van der Waals surface area contributed by atoms with Crippen molar-refractivity contribution in [2.24, 2.45) is 0 Å². The molecule has 0 fully saturated rings. The van der Waals surface area contributed by atoms with Crippen molar-refractivity contribution in [2.45, 2.75) is 22.3 Å². The second-order valence-corrected chi connectivity index (χ2v) is 10.8. The first-order valence-electron chi connectivity index (χ1n) is 9.39. The highest BCUT2D eigenvalue weighted by molar-refractivity contribution is 7.93. The predicted octanol–water partition coefficient (Wildman–Crippen LogP) is 3.19. The Morgan fingerprint density at radius 2 is 1.57 bits per heavy atom. The number of hydrogen-bond acceptors (Lipinski definition) is 6. The fraction of sp³-hybridized carbons (Fsp3) is 0.238. The zero-order valence-corrected chi connectivity index (χ0v) is 18.6. The van der Waals surface area contributed by atoms with Crippen molar-refractivity contribution >= 4 is 44.3 Å². The van der Waals surface area contributed by atoms with Gasteiger partial charge in [0.05, 0.1) is 0 Å². The molecule has 0 aliphatic carbocycles. The highest BCUT2D eigenvalue weighted by Gasteiger charge is 2.31. The van der Waals surface area contributed by atoms with Crippen molar-refractivity contribution in [3.05, 3.63) is 75.8 Å². The molecule has 1 atom stereocenters. The minimum absolute atomic E-state index is 0.170. The van der Waals surface area contributed by atoms with Crippen molar-refractivity contribution < 1.29 is 18.0 Å². The van der Waals surface area contributed by atoms with Gasteiger partial charge in [-0.1, -0.05) is 42.5 Å². The maximum absolute atomic E-state index is 13.0. The van der Waals surface area contributed by atoms with Crippen LogP contribution in [0.25, 0.3) is 0 Å². The zero-order chi connectivity index (χ0) is 21.4. The Bertz CT molecular complexity index is 1050. The average Bonchev–Trinajstić information content (AvgIpc) is 3.46. The van der Waals surface area contributed by atoms with E-state index in [1.165, 1.54) is 11.3 Å². The third-order valence-electron chi connectivity index (χ3n) is 4.44. The van der Waals surface area contributed by atoms with E-state index in [1.807, 2.05) is 30.3 Å². The Hall–Kier alpha value is -2.49. The second-order valence-electron chi connectivity index (χ2n) is 6.54. The Morgan fingerprint density at radius 1 is 0.867 bits per heavy atom. The lowest BCUT2D eigenvalue weighted by Crippen LogP contribution is -2.42. The van der Waals surface area contributed by atoms with Gasteiger partial charge in [0.1, 0.15) is 9.46 Å². The SMILES string of the molecule is O=C(NCCCc1ccccc1)C(=O)NC[C@H](c1cccs1)S(=O)(=O)c1cccs1. The van der Waals surface area contributed by atoms with Crippen LogP contribution in [0.3, 0.4) is 0 Å². The molecule has 158 valence electrons. The largest absolute Gasteiger partial charge is 0.348 e. The third kappa shape index (κ3) is 5.78. The quantitative estimate of drug-likeness (QED) is 0.377. The summed E-state index contributed by atoms with van der Waals surface area (Å²) in [6.45, 7) is 0.194. The van der Waals surface area contributed by atoms with Crippen molar-refractivity contribution in [1.82, 2.24) is 10.6 Å². The zero-order valence-electron chi connectivity index (χ0n) is 16.1. The Kier molecular flexibility index (Phi) is 7.78. The van der Waals surface area contributed by atoms with Gasteiger partial charge in [-0.05, 0) is 41.3 Å². The molecule has 2 heterocycles. The summed E-state index contributed by atoms with van der Waals surface area (Å²) in [6.07, 6.45) is 1.50. The minimum Gasteiger partial charge on any atom is -0.348 e. The molecular weight excluding hydrogens is 440 g/mol. The summed E-state index contributed by atoms with van der Waals surface area (Å²) in [4.78, 5) is 24.9. The minimum atomic E-state index is -3.67. The van der Waals surface area contributed by atoms with Crippen molar-refractivity contribution in [3.63, 3.8) is 0 Å². The number of carbonyl (C=O) groups excluding carboxylic acids is 2. The first-order chi connectivity index (χ1) is 14.5. The van der Waals surface area contributed by atoms with Crippen LogP contribution in [0.5, 0.6) is 0 Å². The lowest BCUT2D eigenvalue weighted by molar-refractivity contribution is -0.139. The fourth-order valence-electron chi connectivity index (χ4n) is 2.89. The van der Waals surface area contributed by atoms with Crippen LogP contribution in [0.2, 0.25) is 0 Å². The lowest BCUT2D eigenvalue weighted by Gasteiger charge is -2.16. The van der Waals surface area contributed by atoms with E-state index in [2.05, 4.69) is 10.6 Å². The average molecular weight is 463 g/mol. The lowest BCUT2D eigenvalue weighted by atomic mass is 10.1. The summed E-state index contributed by atoms with van der Waals surface area (Å²) in [7, 11) is -3.67. The molecule has 0 bridgehead atoms. The summed E-state index contributed by atoms with van der Waals surface area (Å²) >= 11 is 2.44. The van der Waals surface area contributed by atoms with E-state index in [-0.39, 0.29) is 10.8 Å². The van der Waals surface area contributed by atoms with E-state index in [9.17, 15) is 18.0 Å². The van der Waals surface area contributed by atoms with Crippen LogP contribution in [0.4, 0.5) is 0 Å². The molecule has 0 saturated carbocycles. The van der Waals surface area contributed by atoms with E-state index in [1.54, 1.807) is 35.0 Å². The van der Waals surface area contributed by atoms with Crippen molar-refractivity contribution in [2.75, 3.05) is 13.1 Å². The molecule has 1 aromatic carbocycles. The van der Waals surface area contributed by atoms with Gasteiger partial charge in [-0.2, -0.15) is 0 Å². The second kappa shape index (κ2) is 10.5. The van der Waals surface area contributed by atoms with Crippen molar-refractivity contribution in [1.29, 1.82) is 0 Å². The van der Waals surface area contributed by atoms with Gasteiger partial charge in [0.15, 0.2) is 9.84 Å². The molecule has 0 spiro atoms. The molecule has 3 aromatic rings. The summed E-state index contributed by atoms with van der Waals surface area (Å²) in [5, 5.41) is 7.60. The first-order valence-corrected chi connectivity index (χ1v) is 12.7. The number of benzene rings is 1. The van der Waals surface area contributed by atoms with Crippen molar-refractivity contribution in [3.8, 4) is 0 Å². The number of rotatable bonds is 9. The molecule has 3 rings (SSSR count).